The summed E-state index contributed by atoms with van der Waals surface area (Å²) in [4.78, 5) is 0. The molecular weight excluding hydrogens is 178 g/mol. The van der Waals surface area contributed by atoms with E-state index in [1.807, 2.05) is 4.68 Å². The Morgan fingerprint density at radius 3 is 3.14 bits per heavy atom. The van der Waals surface area contributed by atoms with Crippen LogP contribution >= 0.6 is 0 Å². The molecular formula is C10H15N3O. The molecule has 0 bridgehead atoms. The van der Waals surface area contributed by atoms with Crippen molar-refractivity contribution >= 4 is 5.82 Å². The lowest BCUT2D eigenvalue weighted by Crippen LogP contribution is -2.29. The lowest BCUT2D eigenvalue weighted by Gasteiger charge is -2.22. The summed E-state index contributed by atoms with van der Waals surface area (Å²) >= 11 is 0. The van der Waals surface area contributed by atoms with Crippen LogP contribution in [-0.4, -0.2) is 28.0 Å². The van der Waals surface area contributed by atoms with E-state index in [0.717, 1.165) is 18.9 Å². The Hall–Kier alpha value is -1.03. The van der Waals surface area contributed by atoms with Crippen molar-refractivity contribution < 1.29 is 5.11 Å². The van der Waals surface area contributed by atoms with E-state index in [1.165, 1.54) is 18.5 Å². The third-order valence-electron chi connectivity index (χ3n) is 3.06. The predicted molar refractivity (Wildman–Crippen MR) is 53.3 cm³/mol. The SMILES string of the molecule is OCC1CNc2cc(C3CC3)nn2C1. The third-order valence-corrected chi connectivity index (χ3v) is 3.06. The van der Waals surface area contributed by atoms with Crippen molar-refractivity contribution in [3.05, 3.63) is 11.8 Å². The van der Waals surface area contributed by atoms with Crippen LogP contribution in [0.5, 0.6) is 0 Å². The van der Waals surface area contributed by atoms with Crippen molar-refractivity contribution in [1.29, 1.82) is 0 Å². The Balaban J connectivity index is 1.85. The summed E-state index contributed by atoms with van der Waals surface area (Å²) < 4.78 is 2.00. The first-order valence-electron chi connectivity index (χ1n) is 5.29. The Kier molecular flexibility index (Phi) is 1.77. The van der Waals surface area contributed by atoms with Gasteiger partial charge in [0, 0.05) is 37.6 Å². The van der Waals surface area contributed by atoms with E-state index < -0.39 is 0 Å². The van der Waals surface area contributed by atoms with Gasteiger partial charge in [-0.1, -0.05) is 0 Å². The van der Waals surface area contributed by atoms with Crippen LogP contribution in [0, 0.1) is 5.92 Å². The van der Waals surface area contributed by atoms with Crippen LogP contribution in [0.3, 0.4) is 0 Å². The highest BCUT2D eigenvalue weighted by Gasteiger charge is 2.28. The number of nitrogens with one attached hydrogen (secondary N) is 1. The minimum atomic E-state index is 0.241. The summed E-state index contributed by atoms with van der Waals surface area (Å²) in [5, 5.41) is 16.9. The summed E-state index contributed by atoms with van der Waals surface area (Å²) in [7, 11) is 0. The number of fused-ring (bicyclic) bond motifs is 1. The molecule has 0 saturated heterocycles. The maximum atomic E-state index is 9.06. The molecule has 2 N–H and O–H groups in total. The van der Waals surface area contributed by atoms with E-state index in [4.69, 9.17) is 5.11 Å². The molecule has 1 saturated carbocycles. The van der Waals surface area contributed by atoms with Gasteiger partial charge in [0.25, 0.3) is 0 Å². The summed E-state index contributed by atoms with van der Waals surface area (Å²) in [6, 6.07) is 2.16. The molecule has 0 spiro atoms. The standard InChI is InChI=1S/C10H15N3O/c14-6-7-4-11-10-3-9(8-1-2-8)12-13(10)5-7/h3,7-8,11,14H,1-2,4-6H2. The average molecular weight is 193 g/mol. The first-order valence-corrected chi connectivity index (χ1v) is 5.29. The molecule has 2 aliphatic rings. The molecule has 0 amide bonds. The van der Waals surface area contributed by atoms with Crippen molar-refractivity contribution in [2.45, 2.75) is 25.3 Å². The van der Waals surface area contributed by atoms with Crippen molar-refractivity contribution in [3.63, 3.8) is 0 Å². The van der Waals surface area contributed by atoms with Crippen LogP contribution in [0.2, 0.25) is 0 Å². The second-order valence-corrected chi connectivity index (χ2v) is 4.34. The molecule has 14 heavy (non-hydrogen) atoms. The zero-order valence-corrected chi connectivity index (χ0v) is 8.11. The van der Waals surface area contributed by atoms with Crippen LogP contribution in [0.4, 0.5) is 5.82 Å². The molecule has 1 aliphatic heterocycles. The van der Waals surface area contributed by atoms with Gasteiger partial charge in [-0.3, -0.25) is 0 Å². The van der Waals surface area contributed by atoms with Crippen LogP contribution in [-0.2, 0) is 6.54 Å². The largest absolute Gasteiger partial charge is 0.396 e. The second kappa shape index (κ2) is 2.98. The van der Waals surface area contributed by atoms with Crippen molar-refractivity contribution in [1.82, 2.24) is 9.78 Å². The summed E-state index contributed by atoms with van der Waals surface area (Å²) in [6.07, 6.45) is 2.58. The lowest BCUT2D eigenvalue weighted by atomic mass is 10.1. The topological polar surface area (TPSA) is 50.1 Å². The molecule has 4 nitrogen and oxygen atoms in total. The van der Waals surface area contributed by atoms with Gasteiger partial charge in [0.15, 0.2) is 0 Å². The van der Waals surface area contributed by atoms with Gasteiger partial charge in [-0.2, -0.15) is 5.10 Å². The van der Waals surface area contributed by atoms with Gasteiger partial charge in [-0.05, 0) is 12.8 Å². The molecule has 3 rings (SSSR count). The van der Waals surface area contributed by atoms with E-state index in [1.54, 1.807) is 0 Å². The number of nitrogens with zero attached hydrogens (tertiary/aromatic N) is 2. The fourth-order valence-corrected chi connectivity index (χ4v) is 1.98. The van der Waals surface area contributed by atoms with E-state index >= 15 is 0 Å². The molecule has 1 unspecified atom stereocenters. The number of aliphatic hydroxyl groups excluding tert-OH is 1. The lowest BCUT2D eigenvalue weighted by molar-refractivity contribution is 0.209. The summed E-state index contributed by atoms with van der Waals surface area (Å²) in [6.45, 7) is 1.96. The number of aromatic nitrogens is 2. The Morgan fingerprint density at radius 2 is 2.43 bits per heavy atom. The fourth-order valence-electron chi connectivity index (χ4n) is 1.98. The van der Waals surface area contributed by atoms with Gasteiger partial charge in [0.05, 0.1) is 5.69 Å². The molecule has 0 aromatic carbocycles. The van der Waals surface area contributed by atoms with Gasteiger partial charge in [0.2, 0.25) is 0 Å². The molecule has 2 heterocycles. The zero-order valence-electron chi connectivity index (χ0n) is 8.11. The molecule has 1 atom stereocenters. The van der Waals surface area contributed by atoms with Gasteiger partial charge >= 0.3 is 0 Å². The average Bonchev–Trinajstić information content (AvgIpc) is 2.97. The monoisotopic (exact) mass is 193 g/mol. The van der Waals surface area contributed by atoms with Gasteiger partial charge in [-0.25, -0.2) is 4.68 Å². The van der Waals surface area contributed by atoms with Crippen LogP contribution < -0.4 is 5.32 Å². The molecule has 1 aromatic rings. The fraction of sp³-hybridized carbons (Fsp3) is 0.700. The molecule has 1 aliphatic carbocycles. The van der Waals surface area contributed by atoms with Crippen LogP contribution in [0.15, 0.2) is 6.07 Å². The van der Waals surface area contributed by atoms with E-state index in [2.05, 4.69) is 16.5 Å². The van der Waals surface area contributed by atoms with E-state index in [0.29, 0.717) is 11.8 Å². The highest BCUT2D eigenvalue weighted by atomic mass is 16.3. The molecule has 0 radical (unpaired) electrons. The van der Waals surface area contributed by atoms with Crippen molar-refractivity contribution in [2.24, 2.45) is 5.92 Å². The normalized spacial score (nSPS) is 25.6. The number of hydrogen-bond acceptors (Lipinski definition) is 3. The quantitative estimate of drug-likeness (QED) is 0.730. The number of hydrogen-bond donors (Lipinski definition) is 2. The number of anilines is 1. The molecule has 1 fully saturated rings. The maximum Gasteiger partial charge on any atom is 0.124 e. The zero-order chi connectivity index (χ0) is 9.54. The Labute approximate surface area is 82.9 Å². The highest BCUT2D eigenvalue weighted by molar-refractivity contribution is 5.40. The van der Waals surface area contributed by atoms with Crippen LogP contribution in [0.1, 0.15) is 24.5 Å². The van der Waals surface area contributed by atoms with Gasteiger partial charge < -0.3 is 10.4 Å². The van der Waals surface area contributed by atoms with Crippen LogP contribution in [0.25, 0.3) is 0 Å². The van der Waals surface area contributed by atoms with Crippen molar-refractivity contribution in [3.8, 4) is 0 Å². The number of rotatable bonds is 2. The van der Waals surface area contributed by atoms with Gasteiger partial charge in [0.1, 0.15) is 5.82 Å². The maximum absolute atomic E-state index is 9.06. The summed E-state index contributed by atoms with van der Waals surface area (Å²) in [5.41, 5.74) is 1.23. The number of aliphatic hydroxyl groups is 1. The molecule has 1 aromatic heterocycles. The molecule has 4 heteroatoms. The Bertz CT molecular complexity index is 343. The van der Waals surface area contributed by atoms with E-state index in [-0.39, 0.29) is 6.61 Å². The Morgan fingerprint density at radius 1 is 1.57 bits per heavy atom. The minimum Gasteiger partial charge on any atom is -0.396 e. The molecule has 76 valence electrons. The van der Waals surface area contributed by atoms with Gasteiger partial charge in [-0.15, -0.1) is 0 Å². The third kappa shape index (κ3) is 1.30. The van der Waals surface area contributed by atoms with Crippen molar-refractivity contribution in [2.75, 3.05) is 18.5 Å². The second-order valence-electron chi connectivity index (χ2n) is 4.34. The first-order chi connectivity index (χ1) is 6.86. The van der Waals surface area contributed by atoms with E-state index in [9.17, 15) is 0 Å². The smallest absolute Gasteiger partial charge is 0.124 e. The minimum absolute atomic E-state index is 0.241. The summed E-state index contributed by atoms with van der Waals surface area (Å²) in [5.74, 6) is 2.15. The highest BCUT2D eigenvalue weighted by Crippen LogP contribution is 2.40. The predicted octanol–water partition coefficient (Wildman–Crippen LogP) is 0.794. The first kappa shape index (κ1) is 8.29.